The molecule has 0 heterocycles. The molecule has 5 heteroatoms. The number of amides is 2. The predicted molar refractivity (Wildman–Crippen MR) is 75.6 cm³/mol. The first-order valence-electron chi connectivity index (χ1n) is 6.87. The van der Waals surface area contributed by atoms with Crippen molar-refractivity contribution in [2.45, 2.75) is 53.6 Å². The standard InChI is InChI=1S/C14H28N2O3/c1-10(2)11(17)9-16-12(18)7-6-8-15-13(19)14(3,4)5/h10-11,17H,6-9H2,1-5H3,(H,15,19)(H,16,18). The molecule has 0 saturated heterocycles. The van der Waals surface area contributed by atoms with Gasteiger partial charge < -0.3 is 15.7 Å². The molecular weight excluding hydrogens is 244 g/mol. The Morgan fingerprint density at radius 1 is 1.16 bits per heavy atom. The molecule has 0 rings (SSSR count). The maximum atomic E-state index is 11.6. The first kappa shape index (κ1) is 17.9. The fourth-order valence-corrected chi connectivity index (χ4v) is 1.26. The molecular formula is C14H28N2O3. The highest BCUT2D eigenvalue weighted by Gasteiger charge is 2.20. The van der Waals surface area contributed by atoms with Crippen molar-refractivity contribution in [3.05, 3.63) is 0 Å². The van der Waals surface area contributed by atoms with Crippen molar-refractivity contribution >= 4 is 11.8 Å². The van der Waals surface area contributed by atoms with Crippen molar-refractivity contribution in [2.75, 3.05) is 13.1 Å². The minimum atomic E-state index is -0.510. The highest BCUT2D eigenvalue weighted by molar-refractivity contribution is 5.81. The van der Waals surface area contributed by atoms with Gasteiger partial charge in [0.15, 0.2) is 0 Å². The summed E-state index contributed by atoms with van der Waals surface area (Å²) in [5.74, 6) is 0.0271. The molecule has 0 bridgehead atoms. The zero-order valence-electron chi connectivity index (χ0n) is 12.7. The molecule has 1 atom stereocenters. The molecule has 0 aromatic rings. The fraction of sp³-hybridized carbons (Fsp3) is 0.857. The van der Waals surface area contributed by atoms with E-state index < -0.39 is 11.5 Å². The van der Waals surface area contributed by atoms with Crippen molar-refractivity contribution in [1.82, 2.24) is 10.6 Å². The van der Waals surface area contributed by atoms with Gasteiger partial charge in [-0.1, -0.05) is 34.6 Å². The maximum Gasteiger partial charge on any atom is 0.225 e. The van der Waals surface area contributed by atoms with Crippen molar-refractivity contribution in [1.29, 1.82) is 0 Å². The molecule has 0 saturated carbocycles. The third-order valence-corrected chi connectivity index (χ3v) is 2.83. The van der Waals surface area contributed by atoms with Crippen molar-refractivity contribution < 1.29 is 14.7 Å². The molecule has 0 aliphatic heterocycles. The van der Waals surface area contributed by atoms with Gasteiger partial charge in [0, 0.05) is 24.9 Å². The monoisotopic (exact) mass is 272 g/mol. The Balaban J connectivity index is 3.68. The summed E-state index contributed by atoms with van der Waals surface area (Å²) in [6.45, 7) is 10.1. The lowest BCUT2D eigenvalue weighted by Crippen LogP contribution is -2.37. The number of aliphatic hydroxyl groups is 1. The maximum absolute atomic E-state index is 11.6. The van der Waals surface area contributed by atoms with Crippen LogP contribution in [0.5, 0.6) is 0 Å². The van der Waals surface area contributed by atoms with Gasteiger partial charge in [-0.3, -0.25) is 9.59 Å². The van der Waals surface area contributed by atoms with Crippen LogP contribution in [0.25, 0.3) is 0 Å². The number of aliphatic hydroxyl groups excluding tert-OH is 1. The molecule has 0 aromatic carbocycles. The second-order valence-electron chi connectivity index (χ2n) is 6.22. The third-order valence-electron chi connectivity index (χ3n) is 2.83. The number of rotatable bonds is 7. The Morgan fingerprint density at radius 2 is 1.74 bits per heavy atom. The summed E-state index contributed by atoms with van der Waals surface area (Å²) >= 11 is 0. The Bertz CT molecular complexity index is 296. The SMILES string of the molecule is CC(C)C(O)CNC(=O)CCCNC(=O)C(C)(C)C. The summed E-state index contributed by atoms with van der Waals surface area (Å²) in [5.41, 5.74) is -0.399. The Kier molecular flexibility index (Phi) is 7.68. The van der Waals surface area contributed by atoms with Crippen LogP contribution in [0, 0.1) is 11.3 Å². The Hall–Kier alpha value is -1.10. The molecule has 19 heavy (non-hydrogen) atoms. The van der Waals surface area contributed by atoms with Crippen LogP contribution in [0.4, 0.5) is 0 Å². The molecule has 0 fully saturated rings. The largest absolute Gasteiger partial charge is 0.391 e. The van der Waals surface area contributed by atoms with Gasteiger partial charge in [-0.25, -0.2) is 0 Å². The normalized spacial score (nSPS) is 13.2. The molecule has 1 unspecified atom stereocenters. The fourth-order valence-electron chi connectivity index (χ4n) is 1.26. The van der Waals surface area contributed by atoms with E-state index in [4.69, 9.17) is 0 Å². The van der Waals surface area contributed by atoms with Gasteiger partial charge in [-0.2, -0.15) is 0 Å². The molecule has 112 valence electrons. The highest BCUT2D eigenvalue weighted by atomic mass is 16.3. The van der Waals surface area contributed by atoms with Crippen LogP contribution in [-0.2, 0) is 9.59 Å². The summed E-state index contributed by atoms with van der Waals surface area (Å²) < 4.78 is 0. The molecule has 0 spiro atoms. The number of carbonyl (C=O) groups excluding carboxylic acids is 2. The lowest BCUT2D eigenvalue weighted by atomic mass is 9.96. The molecule has 0 aromatic heterocycles. The van der Waals surface area contributed by atoms with E-state index >= 15 is 0 Å². The number of carbonyl (C=O) groups is 2. The van der Waals surface area contributed by atoms with E-state index in [2.05, 4.69) is 10.6 Å². The summed E-state index contributed by atoms with van der Waals surface area (Å²) in [5, 5.41) is 15.0. The summed E-state index contributed by atoms with van der Waals surface area (Å²) in [4.78, 5) is 23.0. The highest BCUT2D eigenvalue weighted by Crippen LogP contribution is 2.12. The quantitative estimate of drug-likeness (QED) is 0.606. The van der Waals surface area contributed by atoms with Gasteiger partial charge in [0.2, 0.25) is 11.8 Å². The van der Waals surface area contributed by atoms with Crippen LogP contribution in [0.3, 0.4) is 0 Å². The molecule has 0 aliphatic rings. The average molecular weight is 272 g/mol. The van der Waals surface area contributed by atoms with Gasteiger partial charge in [0.05, 0.1) is 6.10 Å². The van der Waals surface area contributed by atoms with Crippen LogP contribution in [-0.4, -0.2) is 36.1 Å². The van der Waals surface area contributed by atoms with Gasteiger partial charge in [0.25, 0.3) is 0 Å². The second kappa shape index (κ2) is 8.15. The molecule has 5 nitrogen and oxygen atoms in total. The summed E-state index contributed by atoms with van der Waals surface area (Å²) in [6, 6.07) is 0. The second-order valence-corrected chi connectivity index (χ2v) is 6.22. The van der Waals surface area contributed by atoms with E-state index in [1.54, 1.807) is 0 Å². The van der Waals surface area contributed by atoms with E-state index in [0.29, 0.717) is 19.4 Å². The third kappa shape index (κ3) is 8.59. The minimum Gasteiger partial charge on any atom is -0.391 e. The number of nitrogens with one attached hydrogen (secondary N) is 2. The Morgan fingerprint density at radius 3 is 2.21 bits per heavy atom. The van der Waals surface area contributed by atoms with Crippen LogP contribution < -0.4 is 10.6 Å². The van der Waals surface area contributed by atoms with Crippen molar-refractivity contribution in [2.24, 2.45) is 11.3 Å². The van der Waals surface area contributed by atoms with Crippen LogP contribution in [0.1, 0.15) is 47.5 Å². The molecule has 0 aliphatic carbocycles. The topological polar surface area (TPSA) is 78.4 Å². The van der Waals surface area contributed by atoms with Crippen LogP contribution in [0.15, 0.2) is 0 Å². The van der Waals surface area contributed by atoms with Crippen molar-refractivity contribution in [3.8, 4) is 0 Å². The smallest absolute Gasteiger partial charge is 0.225 e. The predicted octanol–water partition coefficient (Wildman–Crippen LogP) is 1.06. The minimum absolute atomic E-state index is 0.0110. The lowest BCUT2D eigenvalue weighted by molar-refractivity contribution is -0.128. The first-order chi connectivity index (χ1) is 8.64. The van der Waals surface area contributed by atoms with Gasteiger partial charge in [-0.05, 0) is 12.3 Å². The van der Waals surface area contributed by atoms with Gasteiger partial charge in [-0.15, -0.1) is 0 Å². The lowest BCUT2D eigenvalue weighted by Gasteiger charge is -2.17. The zero-order chi connectivity index (χ0) is 15.1. The first-order valence-corrected chi connectivity index (χ1v) is 6.87. The van der Waals surface area contributed by atoms with E-state index in [0.717, 1.165) is 0 Å². The molecule has 2 amide bonds. The zero-order valence-corrected chi connectivity index (χ0v) is 12.7. The summed E-state index contributed by atoms with van der Waals surface area (Å²) in [7, 11) is 0. The van der Waals surface area contributed by atoms with E-state index in [1.807, 2.05) is 34.6 Å². The van der Waals surface area contributed by atoms with E-state index in [9.17, 15) is 14.7 Å². The van der Waals surface area contributed by atoms with Gasteiger partial charge >= 0.3 is 0 Å². The number of hydrogen-bond donors (Lipinski definition) is 3. The Labute approximate surface area is 116 Å². The molecule has 3 N–H and O–H groups in total. The average Bonchev–Trinajstić information content (AvgIpc) is 2.29. The van der Waals surface area contributed by atoms with Gasteiger partial charge in [0.1, 0.15) is 0 Å². The number of hydrogen-bond acceptors (Lipinski definition) is 3. The van der Waals surface area contributed by atoms with Crippen molar-refractivity contribution in [3.63, 3.8) is 0 Å². The molecule has 0 radical (unpaired) electrons. The van der Waals surface area contributed by atoms with E-state index in [1.165, 1.54) is 0 Å². The van der Waals surface area contributed by atoms with Crippen LogP contribution >= 0.6 is 0 Å². The van der Waals surface area contributed by atoms with E-state index in [-0.39, 0.29) is 24.3 Å². The van der Waals surface area contributed by atoms with Crippen LogP contribution in [0.2, 0.25) is 0 Å². The summed E-state index contributed by atoms with van der Waals surface area (Å²) in [6.07, 6.45) is 0.449.